The van der Waals surface area contributed by atoms with E-state index in [-0.39, 0.29) is 18.0 Å². The van der Waals surface area contributed by atoms with Gasteiger partial charge in [-0.25, -0.2) is 14.2 Å². The van der Waals surface area contributed by atoms with Gasteiger partial charge in [-0.2, -0.15) is 10.0 Å². The number of aromatic nitrogens is 3. The standard InChI is InChI=1S/C24H21N7O2/c1-15-3-4-17(18-9-11-30-22(14-18)28-23(25)29-30)13-20(15)27-24(32)31-21(10-12-33-31)16-5-7-19(26-2)8-6-16/h3-9,11,13-14,21H,10,12H2,1H3,(H2,25,29)(H,27,32)/t21-/m0/s1. The summed E-state index contributed by atoms with van der Waals surface area (Å²) in [6, 6.07) is 16.4. The number of rotatable bonds is 3. The number of nitrogens with zero attached hydrogens (tertiary/aromatic N) is 5. The number of nitrogens with two attached hydrogens (primary N) is 1. The number of benzene rings is 2. The molecule has 3 N–H and O–H groups in total. The van der Waals surface area contributed by atoms with Gasteiger partial charge in [0, 0.05) is 18.3 Å². The highest BCUT2D eigenvalue weighted by Gasteiger charge is 2.32. The Morgan fingerprint density at radius 3 is 2.76 bits per heavy atom. The topological polar surface area (TPSA) is 102 Å². The molecule has 1 saturated heterocycles. The maximum atomic E-state index is 13.1. The number of nitrogen functional groups attached to an aromatic ring is 1. The molecule has 2 aromatic carbocycles. The van der Waals surface area contributed by atoms with E-state index in [1.165, 1.54) is 5.06 Å². The lowest BCUT2D eigenvalue weighted by atomic mass is 10.0. The molecule has 1 aliphatic rings. The maximum absolute atomic E-state index is 13.1. The van der Waals surface area contributed by atoms with Crippen LogP contribution in [0.1, 0.15) is 23.6 Å². The Labute approximate surface area is 190 Å². The van der Waals surface area contributed by atoms with Crippen molar-refractivity contribution in [3.8, 4) is 11.1 Å². The van der Waals surface area contributed by atoms with E-state index in [9.17, 15) is 4.79 Å². The van der Waals surface area contributed by atoms with E-state index in [0.29, 0.717) is 30.0 Å². The predicted molar refractivity (Wildman–Crippen MR) is 124 cm³/mol. The lowest BCUT2D eigenvalue weighted by Gasteiger charge is -2.24. The molecule has 1 atom stereocenters. The molecule has 3 heterocycles. The number of aryl methyl sites for hydroxylation is 1. The zero-order valence-electron chi connectivity index (χ0n) is 17.9. The van der Waals surface area contributed by atoms with E-state index < -0.39 is 0 Å². The lowest BCUT2D eigenvalue weighted by molar-refractivity contribution is -0.0829. The minimum atomic E-state index is -0.340. The van der Waals surface area contributed by atoms with Gasteiger partial charge in [0.1, 0.15) is 0 Å². The molecule has 0 aliphatic carbocycles. The van der Waals surface area contributed by atoms with Crippen LogP contribution < -0.4 is 11.1 Å². The van der Waals surface area contributed by atoms with Crippen LogP contribution in [0.2, 0.25) is 0 Å². The Bertz CT molecular complexity index is 1390. The molecule has 1 aliphatic heterocycles. The molecule has 0 bridgehead atoms. The van der Waals surface area contributed by atoms with Crippen molar-refractivity contribution >= 4 is 29.0 Å². The Morgan fingerprint density at radius 1 is 1.18 bits per heavy atom. The highest BCUT2D eigenvalue weighted by molar-refractivity contribution is 5.91. The summed E-state index contributed by atoms with van der Waals surface area (Å²) in [6.07, 6.45) is 2.49. The molecule has 9 heteroatoms. The number of carbonyl (C=O) groups excluding carboxylic acids is 1. The average Bonchev–Trinajstić information content (AvgIpc) is 3.46. The van der Waals surface area contributed by atoms with Crippen LogP contribution in [0.4, 0.5) is 22.1 Å². The zero-order chi connectivity index (χ0) is 22.9. The highest BCUT2D eigenvalue weighted by atomic mass is 16.7. The zero-order valence-corrected chi connectivity index (χ0v) is 17.9. The van der Waals surface area contributed by atoms with Crippen molar-refractivity contribution in [2.75, 3.05) is 17.7 Å². The molecule has 1 fully saturated rings. The fraction of sp³-hybridized carbons (Fsp3) is 0.167. The normalized spacial score (nSPS) is 15.5. The first kappa shape index (κ1) is 20.5. The van der Waals surface area contributed by atoms with E-state index >= 15 is 0 Å². The Kier molecular flexibility index (Phi) is 5.12. The second-order valence-corrected chi connectivity index (χ2v) is 7.81. The molecule has 0 radical (unpaired) electrons. The van der Waals surface area contributed by atoms with Gasteiger partial charge in [-0.3, -0.25) is 4.84 Å². The minimum absolute atomic E-state index is 0.214. The van der Waals surface area contributed by atoms with Crippen molar-refractivity contribution in [3.05, 3.63) is 83.3 Å². The SMILES string of the molecule is [C-]#[N+]c1ccc([C@@H]2CCON2C(=O)Nc2cc(-c3ccn4nc(N)nc4c3)ccc2C)cc1. The third-order valence-electron chi connectivity index (χ3n) is 5.68. The second-order valence-electron chi connectivity index (χ2n) is 7.81. The van der Waals surface area contributed by atoms with Crippen LogP contribution in [0.5, 0.6) is 0 Å². The molecule has 0 saturated carbocycles. The van der Waals surface area contributed by atoms with Crippen molar-refractivity contribution in [2.24, 2.45) is 0 Å². The molecule has 2 aromatic heterocycles. The molecule has 5 rings (SSSR count). The van der Waals surface area contributed by atoms with Gasteiger partial charge in [0.15, 0.2) is 11.3 Å². The number of hydrogen-bond acceptors (Lipinski definition) is 5. The molecule has 164 valence electrons. The summed E-state index contributed by atoms with van der Waals surface area (Å²) in [7, 11) is 0. The summed E-state index contributed by atoms with van der Waals surface area (Å²) in [4.78, 5) is 26.4. The number of amides is 2. The smallest absolute Gasteiger partial charge is 0.346 e. The van der Waals surface area contributed by atoms with Crippen LogP contribution in [-0.2, 0) is 4.84 Å². The summed E-state index contributed by atoms with van der Waals surface area (Å²) in [5, 5.41) is 8.46. The number of anilines is 2. The van der Waals surface area contributed by atoms with Crippen molar-refractivity contribution < 1.29 is 9.63 Å². The first-order valence-corrected chi connectivity index (χ1v) is 10.5. The Hall–Kier alpha value is -4.42. The Balaban J connectivity index is 1.38. The van der Waals surface area contributed by atoms with Crippen molar-refractivity contribution in [1.29, 1.82) is 0 Å². The van der Waals surface area contributed by atoms with Crippen molar-refractivity contribution in [2.45, 2.75) is 19.4 Å². The van der Waals surface area contributed by atoms with E-state index in [4.69, 9.17) is 17.1 Å². The minimum Gasteiger partial charge on any atom is -0.366 e. The second kappa shape index (κ2) is 8.26. The molecule has 2 amide bonds. The van der Waals surface area contributed by atoms with Gasteiger partial charge >= 0.3 is 6.03 Å². The molecule has 9 nitrogen and oxygen atoms in total. The molecular weight excluding hydrogens is 418 g/mol. The van der Waals surface area contributed by atoms with Crippen molar-refractivity contribution in [3.63, 3.8) is 0 Å². The van der Waals surface area contributed by atoms with Crippen molar-refractivity contribution in [1.82, 2.24) is 19.7 Å². The van der Waals surface area contributed by atoms with Gasteiger partial charge < -0.3 is 11.1 Å². The molecule has 33 heavy (non-hydrogen) atoms. The summed E-state index contributed by atoms with van der Waals surface area (Å²) in [6.45, 7) is 9.49. The number of hydrogen-bond donors (Lipinski definition) is 2. The third-order valence-corrected chi connectivity index (χ3v) is 5.68. The molecule has 0 unspecified atom stereocenters. The van der Waals surface area contributed by atoms with Gasteiger partial charge in [-0.05, 0) is 47.4 Å². The summed E-state index contributed by atoms with van der Waals surface area (Å²) >= 11 is 0. The quantitative estimate of drug-likeness (QED) is 0.449. The summed E-state index contributed by atoms with van der Waals surface area (Å²) < 4.78 is 1.62. The van der Waals surface area contributed by atoms with Crippen LogP contribution >= 0.6 is 0 Å². The van der Waals surface area contributed by atoms with Gasteiger partial charge in [0.25, 0.3) is 0 Å². The highest BCUT2D eigenvalue weighted by Crippen LogP contribution is 2.33. The maximum Gasteiger partial charge on any atom is 0.346 e. The fourth-order valence-electron chi connectivity index (χ4n) is 3.93. The Morgan fingerprint density at radius 2 is 1.97 bits per heavy atom. The van der Waals surface area contributed by atoms with Gasteiger partial charge in [0.2, 0.25) is 5.95 Å². The lowest BCUT2D eigenvalue weighted by Crippen LogP contribution is -2.33. The third kappa shape index (κ3) is 3.95. The van der Waals surface area contributed by atoms with Gasteiger partial charge in [-0.15, -0.1) is 5.10 Å². The first-order valence-electron chi connectivity index (χ1n) is 10.5. The molecule has 0 spiro atoms. The first-order chi connectivity index (χ1) is 16.0. The van der Waals surface area contributed by atoms with Crippen LogP contribution in [0.25, 0.3) is 21.6 Å². The number of fused-ring (bicyclic) bond motifs is 1. The number of carbonyl (C=O) groups is 1. The van der Waals surface area contributed by atoms with Crippen LogP contribution in [-0.4, -0.2) is 32.3 Å². The van der Waals surface area contributed by atoms with E-state index in [2.05, 4.69) is 20.2 Å². The number of pyridine rings is 1. The van der Waals surface area contributed by atoms with Crippen LogP contribution in [0.15, 0.2) is 60.8 Å². The molecule has 4 aromatic rings. The van der Waals surface area contributed by atoms with Crippen LogP contribution in [0.3, 0.4) is 0 Å². The average molecular weight is 439 g/mol. The largest absolute Gasteiger partial charge is 0.366 e. The number of hydroxylamine groups is 2. The summed E-state index contributed by atoms with van der Waals surface area (Å²) in [5.41, 5.74) is 11.3. The van der Waals surface area contributed by atoms with E-state index in [1.807, 2.05) is 49.4 Å². The molecular formula is C24H21N7O2. The number of urea groups is 1. The van der Waals surface area contributed by atoms with E-state index in [1.54, 1.807) is 22.8 Å². The predicted octanol–water partition coefficient (Wildman–Crippen LogP) is 4.75. The fourth-order valence-corrected chi connectivity index (χ4v) is 3.93. The van der Waals surface area contributed by atoms with E-state index in [0.717, 1.165) is 22.3 Å². The van der Waals surface area contributed by atoms with Gasteiger partial charge in [-0.1, -0.05) is 36.4 Å². The van der Waals surface area contributed by atoms with Gasteiger partial charge in [0.05, 0.1) is 19.2 Å². The monoisotopic (exact) mass is 439 g/mol. The summed E-state index contributed by atoms with van der Waals surface area (Å²) in [5.74, 6) is 0.216. The number of nitrogens with one attached hydrogen (secondary N) is 1. The van der Waals surface area contributed by atoms with Crippen LogP contribution in [0, 0.1) is 13.5 Å².